The first-order valence-corrected chi connectivity index (χ1v) is 16.3. The number of nitro benzene ring substituents is 1. The third kappa shape index (κ3) is 8.32. The third-order valence-corrected chi connectivity index (χ3v) is 8.65. The Bertz CT molecular complexity index is 1660. The van der Waals surface area contributed by atoms with Crippen molar-refractivity contribution in [3.8, 4) is 23.0 Å². The van der Waals surface area contributed by atoms with Gasteiger partial charge in [0.1, 0.15) is 24.2 Å². The highest BCUT2D eigenvalue weighted by atomic mass is 16.6. The highest BCUT2D eigenvalue weighted by Crippen LogP contribution is 2.40. The zero-order valence-electron chi connectivity index (χ0n) is 27.7. The topological polar surface area (TPSA) is 83.3 Å². The molecule has 1 unspecified atom stereocenters. The maximum Gasteiger partial charge on any atom is 0.280 e. The van der Waals surface area contributed by atoms with Crippen LogP contribution in [0.3, 0.4) is 0 Å². The maximum absolute atomic E-state index is 12.0. The van der Waals surface area contributed by atoms with Crippen molar-refractivity contribution in [3.63, 3.8) is 0 Å². The van der Waals surface area contributed by atoms with Gasteiger partial charge < -0.3 is 18.9 Å². The van der Waals surface area contributed by atoms with Gasteiger partial charge in [-0.1, -0.05) is 67.9 Å². The molecule has 0 radical (unpaired) electrons. The Labute approximate surface area is 277 Å². The van der Waals surface area contributed by atoms with Gasteiger partial charge in [-0.3, -0.25) is 15.0 Å². The number of hydrogen-bond donors (Lipinski definition) is 0. The molecule has 5 rings (SSSR count). The molecule has 8 heteroatoms. The Morgan fingerprint density at radius 2 is 1.49 bits per heavy atom. The van der Waals surface area contributed by atoms with Crippen molar-refractivity contribution in [2.75, 3.05) is 40.5 Å². The van der Waals surface area contributed by atoms with Gasteiger partial charge in [0.05, 0.1) is 30.8 Å². The lowest BCUT2D eigenvalue weighted by Gasteiger charge is -2.26. The number of ether oxygens (including phenoxy) is 4. The Balaban J connectivity index is 1.45. The van der Waals surface area contributed by atoms with Crippen molar-refractivity contribution >= 4 is 16.8 Å². The van der Waals surface area contributed by atoms with Gasteiger partial charge in [-0.25, -0.2) is 0 Å². The molecule has 1 aliphatic rings. The third-order valence-electron chi connectivity index (χ3n) is 8.65. The predicted molar refractivity (Wildman–Crippen MR) is 187 cm³/mol. The second-order valence-corrected chi connectivity index (χ2v) is 11.7. The number of likely N-dealkylation sites (tertiary alicyclic amines) is 1. The summed E-state index contributed by atoms with van der Waals surface area (Å²) in [5.74, 6) is 2.14. The van der Waals surface area contributed by atoms with Crippen LogP contribution >= 0.6 is 0 Å². The fraction of sp³-hybridized carbons (Fsp3) is 0.333. The number of nitro groups is 1. The molecule has 0 amide bonds. The highest BCUT2D eigenvalue weighted by Gasteiger charge is 2.25. The molecular formula is C39H44N2O6. The van der Waals surface area contributed by atoms with Crippen molar-refractivity contribution in [2.45, 2.75) is 45.6 Å². The van der Waals surface area contributed by atoms with E-state index in [1.54, 1.807) is 13.0 Å². The molecule has 1 heterocycles. The quantitative estimate of drug-likeness (QED) is 0.0776. The molecular weight excluding hydrogens is 592 g/mol. The lowest BCUT2D eigenvalue weighted by Crippen LogP contribution is -2.33. The average Bonchev–Trinajstić information content (AvgIpc) is 3.11. The number of hydrogen-bond acceptors (Lipinski definition) is 7. The Hall–Kier alpha value is -4.82. The Kier molecular flexibility index (Phi) is 11.5. The monoisotopic (exact) mass is 636 g/mol. The lowest BCUT2D eigenvalue weighted by molar-refractivity contribution is -0.386. The summed E-state index contributed by atoms with van der Waals surface area (Å²) in [6.07, 6.45) is 4.04. The number of nitrogens with zero attached hydrogens (tertiary/aromatic N) is 2. The molecule has 4 aromatic carbocycles. The number of benzene rings is 4. The van der Waals surface area contributed by atoms with Gasteiger partial charge in [0.2, 0.25) is 0 Å². The van der Waals surface area contributed by atoms with E-state index in [2.05, 4.69) is 54.3 Å². The normalized spacial score (nSPS) is 14.6. The number of rotatable bonds is 14. The molecule has 4 aromatic rings. The zero-order chi connectivity index (χ0) is 33.2. The van der Waals surface area contributed by atoms with Gasteiger partial charge in [-0.15, -0.1) is 0 Å². The van der Waals surface area contributed by atoms with Crippen molar-refractivity contribution in [3.05, 3.63) is 123 Å². The van der Waals surface area contributed by atoms with Crippen LogP contribution in [0, 0.1) is 10.1 Å². The van der Waals surface area contributed by atoms with Crippen LogP contribution in [0.2, 0.25) is 0 Å². The summed E-state index contributed by atoms with van der Waals surface area (Å²) in [5, 5.41) is 12.0. The fourth-order valence-corrected chi connectivity index (χ4v) is 6.23. The molecule has 0 aliphatic carbocycles. The van der Waals surface area contributed by atoms with Gasteiger partial charge in [0.25, 0.3) is 5.69 Å². The second kappa shape index (κ2) is 16.1. The zero-order valence-corrected chi connectivity index (χ0v) is 27.7. The summed E-state index contributed by atoms with van der Waals surface area (Å²) in [6.45, 7) is 7.88. The Morgan fingerprint density at radius 1 is 0.809 bits per heavy atom. The van der Waals surface area contributed by atoms with E-state index in [4.69, 9.17) is 18.9 Å². The van der Waals surface area contributed by atoms with Crippen LogP contribution in [0.15, 0.2) is 91.0 Å². The molecule has 0 saturated carbocycles. The molecule has 0 spiro atoms. The van der Waals surface area contributed by atoms with E-state index in [0.29, 0.717) is 29.4 Å². The first-order valence-electron chi connectivity index (χ1n) is 16.3. The minimum Gasteiger partial charge on any atom is -0.493 e. The lowest BCUT2D eigenvalue weighted by atomic mass is 9.88. The molecule has 1 atom stereocenters. The maximum atomic E-state index is 12.0. The summed E-state index contributed by atoms with van der Waals surface area (Å²) < 4.78 is 23.2. The molecule has 246 valence electrons. The van der Waals surface area contributed by atoms with Crippen LogP contribution in [-0.2, 0) is 0 Å². The van der Waals surface area contributed by atoms with Crippen molar-refractivity contribution in [1.29, 1.82) is 0 Å². The first-order chi connectivity index (χ1) is 22.9. The average molecular weight is 637 g/mol. The van der Waals surface area contributed by atoms with Crippen LogP contribution in [-0.4, -0.2) is 50.3 Å². The van der Waals surface area contributed by atoms with Crippen LogP contribution in [0.25, 0.3) is 11.1 Å². The van der Waals surface area contributed by atoms with Crippen molar-refractivity contribution in [1.82, 2.24) is 4.90 Å². The van der Waals surface area contributed by atoms with E-state index in [9.17, 15) is 10.1 Å². The van der Waals surface area contributed by atoms with E-state index >= 15 is 0 Å². The van der Waals surface area contributed by atoms with Gasteiger partial charge >= 0.3 is 0 Å². The Morgan fingerprint density at radius 3 is 2.15 bits per heavy atom. The first kappa shape index (κ1) is 33.5. The SMILES string of the molecule is CC/C(=C(/c1ccc(OCCN2CCCCC2)cc1)c1cccc(OC(C)c2cc(OC)c(OC)cc2[N+](=O)[O-])c1)c1ccccc1. The van der Waals surface area contributed by atoms with E-state index in [1.807, 2.05) is 36.4 Å². The largest absolute Gasteiger partial charge is 0.493 e. The number of allylic oxidation sites excluding steroid dienone is 1. The molecule has 8 nitrogen and oxygen atoms in total. The van der Waals surface area contributed by atoms with E-state index < -0.39 is 11.0 Å². The van der Waals surface area contributed by atoms with Crippen LogP contribution in [0.4, 0.5) is 5.69 Å². The minimum absolute atomic E-state index is 0.0949. The van der Waals surface area contributed by atoms with Gasteiger partial charge in [0, 0.05) is 6.54 Å². The number of methoxy groups -OCH3 is 2. The molecule has 1 fully saturated rings. The number of piperidine rings is 1. The van der Waals surface area contributed by atoms with Gasteiger partial charge in [0.15, 0.2) is 11.5 Å². The molecule has 0 N–H and O–H groups in total. The molecule has 0 bridgehead atoms. The molecule has 1 aliphatic heterocycles. The van der Waals surface area contributed by atoms with Crippen LogP contribution < -0.4 is 18.9 Å². The van der Waals surface area contributed by atoms with Crippen LogP contribution in [0.1, 0.15) is 67.9 Å². The molecule has 1 saturated heterocycles. The minimum atomic E-state index is -0.640. The second-order valence-electron chi connectivity index (χ2n) is 11.7. The summed E-state index contributed by atoms with van der Waals surface area (Å²) in [6, 6.07) is 29.6. The van der Waals surface area contributed by atoms with E-state index in [1.165, 1.54) is 45.1 Å². The summed E-state index contributed by atoms with van der Waals surface area (Å²) >= 11 is 0. The summed E-state index contributed by atoms with van der Waals surface area (Å²) in [5.41, 5.74) is 5.78. The van der Waals surface area contributed by atoms with Crippen LogP contribution in [0.5, 0.6) is 23.0 Å². The summed E-state index contributed by atoms with van der Waals surface area (Å²) in [4.78, 5) is 14.0. The van der Waals surface area contributed by atoms with E-state index in [-0.39, 0.29) is 5.69 Å². The molecule has 0 aromatic heterocycles. The smallest absolute Gasteiger partial charge is 0.280 e. The van der Waals surface area contributed by atoms with E-state index in [0.717, 1.165) is 54.1 Å². The van der Waals surface area contributed by atoms with Crippen molar-refractivity contribution < 1.29 is 23.9 Å². The highest BCUT2D eigenvalue weighted by molar-refractivity contribution is 5.98. The predicted octanol–water partition coefficient (Wildman–Crippen LogP) is 8.99. The standard InChI is InChI=1S/C39H44N2O6/c1-5-34(29-13-8-6-9-14-29)39(30-17-19-32(20-18-30)46-24-23-40-21-10-7-11-22-40)31-15-12-16-33(25-31)47-28(2)35-26-37(44-3)38(45-4)27-36(35)41(42)43/h6,8-9,12-20,25-28H,5,7,10-11,21-24H2,1-4H3/b39-34+. The molecule has 47 heavy (non-hydrogen) atoms. The van der Waals surface area contributed by atoms with Gasteiger partial charge in [-0.05, 0) is 97.4 Å². The summed E-state index contributed by atoms with van der Waals surface area (Å²) in [7, 11) is 2.96. The van der Waals surface area contributed by atoms with Crippen molar-refractivity contribution in [2.24, 2.45) is 0 Å². The van der Waals surface area contributed by atoms with Gasteiger partial charge in [-0.2, -0.15) is 0 Å². The fourth-order valence-electron chi connectivity index (χ4n) is 6.23.